The van der Waals surface area contributed by atoms with Crippen LogP contribution in [0, 0.1) is 13.8 Å². The van der Waals surface area contributed by atoms with E-state index in [4.69, 9.17) is 5.73 Å². The first-order valence-electron chi connectivity index (χ1n) is 5.26. The van der Waals surface area contributed by atoms with Crippen molar-refractivity contribution < 1.29 is 0 Å². The molecule has 2 heteroatoms. The van der Waals surface area contributed by atoms with Gasteiger partial charge in [0, 0.05) is 15.5 Å². The molecular formula is C14H15NS. The minimum absolute atomic E-state index is 0.855. The predicted octanol–water partition coefficient (Wildman–Crippen LogP) is 4.04. The molecule has 0 aliphatic carbocycles. The van der Waals surface area contributed by atoms with Crippen molar-refractivity contribution in [3.05, 3.63) is 53.6 Å². The molecule has 0 fully saturated rings. The quantitative estimate of drug-likeness (QED) is 0.787. The molecule has 16 heavy (non-hydrogen) atoms. The normalized spacial score (nSPS) is 10.4. The van der Waals surface area contributed by atoms with Gasteiger partial charge in [0.15, 0.2) is 0 Å². The van der Waals surface area contributed by atoms with Crippen molar-refractivity contribution >= 4 is 17.4 Å². The molecule has 0 unspecified atom stereocenters. The maximum atomic E-state index is 5.79. The highest BCUT2D eigenvalue weighted by Crippen LogP contribution is 2.29. The summed E-state index contributed by atoms with van der Waals surface area (Å²) in [5, 5.41) is 0. The first-order chi connectivity index (χ1) is 7.65. The third-order valence-electron chi connectivity index (χ3n) is 2.50. The average Bonchev–Trinajstić information content (AvgIpc) is 2.27. The highest BCUT2D eigenvalue weighted by atomic mass is 32.2. The van der Waals surface area contributed by atoms with Crippen molar-refractivity contribution in [2.75, 3.05) is 5.73 Å². The minimum atomic E-state index is 0.855. The van der Waals surface area contributed by atoms with Crippen LogP contribution in [0.3, 0.4) is 0 Å². The summed E-state index contributed by atoms with van der Waals surface area (Å²) in [6.07, 6.45) is 0. The molecule has 0 saturated heterocycles. The fourth-order valence-corrected chi connectivity index (χ4v) is 2.37. The molecule has 0 atom stereocenters. The second kappa shape index (κ2) is 4.62. The van der Waals surface area contributed by atoms with Crippen LogP contribution < -0.4 is 5.73 Å². The van der Waals surface area contributed by atoms with Crippen molar-refractivity contribution in [3.63, 3.8) is 0 Å². The fourth-order valence-electron chi connectivity index (χ4n) is 1.45. The second-order valence-electron chi connectivity index (χ2n) is 3.93. The maximum Gasteiger partial charge on any atom is 0.0344 e. The van der Waals surface area contributed by atoms with E-state index >= 15 is 0 Å². The molecule has 82 valence electrons. The molecule has 0 aromatic heterocycles. The number of hydrogen-bond donors (Lipinski definition) is 1. The average molecular weight is 229 g/mol. The summed E-state index contributed by atoms with van der Waals surface area (Å²) in [7, 11) is 0. The molecule has 0 radical (unpaired) electrons. The number of rotatable bonds is 2. The summed E-state index contributed by atoms with van der Waals surface area (Å²) in [4.78, 5) is 2.49. The first kappa shape index (κ1) is 11.1. The van der Waals surface area contributed by atoms with Crippen LogP contribution in [0.4, 0.5) is 5.69 Å². The minimum Gasteiger partial charge on any atom is -0.399 e. The van der Waals surface area contributed by atoms with E-state index in [0.29, 0.717) is 0 Å². The molecule has 0 aliphatic heterocycles. The van der Waals surface area contributed by atoms with Gasteiger partial charge in [-0.05, 0) is 49.7 Å². The van der Waals surface area contributed by atoms with Gasteiger partial charge in [0.1, 0.15) is 0 Å². The monoisotopic (exact) mass is 229 g/mol. The third kappa shape index (κ3) is 2.58. The standard InChI is InChI=1S/C14H15NS/c1-10-3-5-12(6-4-10)16-13-7-8-14(15)11(2)9-13/h3-9H,15H2,1-2H3. The second-order valence-corrected chi connectivity index (χ2v) is 5.08. The maximum absolute atomic E-state index is 5.79. The van der Waals surface area contributed by atoms with Crippen LogP contribution in [-0.2, 0) is 0 Å². The zero-order valence-electron chi connectivity index (χ0n) is 9.53. The highest BCUT2D eigenvalue weighted by Gasteiger charge is 1.99. The van der Waals surface area contributed by atoms with E-state index in [1.165, 1.54) is 15.4 Å². The van der Waals surface area contributed by atoms with Crippen LogP contribution in [0.25, 0.3) is 0 Å². The summed E-state index contributed by atoms with van der Waals surface area (Å²) in [6, 6.07) is 14.7. The van der Waals surface area contributed by atoms with Gasteiger partial charge in [-0.2, -0.15) is 0 Å². The predicted molar refractivity (Wildman–Crippen MR) is 70.9 cm³/mol. The number of benzene rings is 2. The molecule has 2 N–H and O–H groups in total. The summed E-state index contributed by atoms with van der Waals surface area (Å²) >= 11 is 1.76. The van der Waals surface area contributed by atoms with E-state index in [2.05, 4.69) is 43.3 Å². The van der Waals surface area contributed by atoms with Gasteiger partial charge in [0.2, 0.25) is 0 Å². The molecule has 2 aromatic rings. The van der Waals surface area contributed by atoms with Gasteiger partial charge in [0.25, 0.3) is 0 Å². The molecule has 0 saturated carbocycles. The third-order valence-corrected chi connectivity index (χ3v) is 3.50. The lowest BCUT2D eigenvalue weighted by Gasteiger charge is -2.05. The van der Waals surface area contributed by atoms with Crippen LogP contribution >= 0.6 is 11.8 Å². The van der Waals surface area contributed by atoms with Crippen molar-refractivity contribution in [1.29, 1.82) is 0 Å². The Bertz CT molecular complexity index is 489. The Labute approximate surface area is 101 Å². The lowest BCUT2D eigenvalue weighted by atomic mass is 10.2. The van der Waals surface area contributed by atoms with Gasteiger partial charge in [-0.3, -0.25) is 0 Å². The molecule has 1 nitrogen and oxygen atoms in total. The van der Waals surface area contributed by atoms with E-state index in [9.17, 15) is 0 Å². The fraction of sp³-hybridized carbons (Fsp3) is 0.143. The lowest BCUT2D eigenvalue weighted by Crippen LogP contribution is -1.88. The summed E-state index contributed by atoms with van der Waals surface area (Å²) in [5.41, 5.74) is 9.07. The number of hydrogen-bond acceptors (Lipinski definition) is 2. The van der Waals surface area contributed by atoms with Crippen molar-refractivity contribution in [3.8, 4) is 0 Å². The molecule has 0 bridgehead atoms. The van der Waals surface area contributed by atoms with Gasteiger partial charge < -0.3 is 5.73 Å². The molecular weight excluding hydrogens is 214 g/mol. The summed E-state index contributed by atoms with van der Waals surface area (Å²) in [5.74, 6) is 0. The van der Waals surface area contributed by atoms with Gasteiger partial charge in [-0.25, -0.2) is 0 Å². The molecule has 2 aromatic carbocycles. The van der Waals surface area contributed by atoms with Crippen LogP contribution in [0.15, 0.2) is 52.3 Å². The molecule has 0 amide bonds. The number of nitrogens with two attached hydrogens (primary N) is 1. The van der Waals surface area contributed by atoms with Gasteiger partial charge >= 0.3 is 0 Å². The van der Waals surface area contributed by atoms with Crippen LogP contribution in [0.2, 0.25) is 0 Å². The molecule has 0 spiro atoms. The number of anilines is 1. The molecule has 0 aliphatic rings. The Morgan fingerprint density at radius 1 is 0.875 bits per heavy atom. The molecule has 2 rings (SSSR count). The van der Waals surface area contributed by atoms with Crippen molar-refractivity contribution in [2.24, 2.45) is 0 Å². The van der Waals surface area contributed by atoms with Crippen LogP contribution in [0.5, 0.6) is 0 Å². The van der Waals surface area contributed by atoms with Crippen molar-refractivity contribution in [2.45, 2.75) is 23.6 Å². The number of nitrogen functional groups attached to an aromatic ring is 1. The summed E-state index contributed by atoms with van der Waals surface area (Å²) in [6.45, 7) is 4.14. The van der Waals surface area contributed by atoms with Crippen molar-refractivity contribution in [1.82, 2.24) is 0 Å². The first-order valence-corrected chi connectivity index (χ1v) is 6.07. The Kier molecular flexibility index (Phi) is 3.20. The van der Waals surface area contributed by atoms with Gasteiger partial charge in [-0.1, -0.05) is 29.5 Å². The lowest BCUT2D eigenvalue weighted by molar-refractivity contribution is 1.33. The Balaban J connectivity index is 2.20. The zero-order valence-corrected chi connectivity index (χ0v) is 10.3. The topological polar surface area (TPSA) is 26.0 Å². The van der Waals surface area contributed by atoms with E-state index in [1.54, 1.807) is 11.8 Å². The largest absolute Gasteiger partial charge is 0.399 e. The van der Waals surface area contributed by atoms with Gasteiger partial charge in [-0.15, -0.1) is 0 Å². The Morgan fingerprint density at radius 3 is 2.12 bits per heavy atom. The summed E-state index contributed by atoms with van der Waals surface area (Å²) < 4.78 is 0. The SMILES string of the molecule is Cc1ccc(Sc2ccc(N)c(C)c2)cc1. The van der Waals surface area contributed by atoms with E-state index < -0.39 is 0 Å². The van der Waals surface area contributed by atoms with Crippen LogP contribution in [-0.4, -0.2) is 0 Å². The molecule has 0 heterocycles. The van der Waals surface area contributed by atoms with E-state index in [0.717, 1.165) is 11.3 Å². The highest BCUT2D eigenvalue weighted by molar-refractivity contribution is 7.99. The Morgan fingerprint density at radius 2 is 1.50 bits per heavy atom. The van der Waals surface area contributed by atoms with E-state index in [-0.39, 0.29) is 0 Å². The van der Waals surface area contributed by atoms with Gasteiger partial charge in [0.05, 0.1) is 0 Å². The zero-order chi connectivity index (χ0) is 11.5. The van der Waals surface area contributed by atoms with Crippen LogP contribution in [0.1, 0.15) is 11.1 Å². The van der Waals surface area contributed by atoms with E-state index in [1.807, 2.05) is 13.0 Å². The number of aryl methyl sites for hydroxylation is 2. The Hall–Kier alpha value is -1.41. The smallest absolute Gasteiger partial charge is 0.0344 e.